The first kappa shape index (κ1) is 27.1. The summed E-state index contributed by atoms with van der Waals surface area (Å²) in [6.45, 7) is 9.60. The van der Waals surface area contributed by atoms with Crippen molar-refractivity contribution in [1.82, 2.24) is 44.7 Å². The van der Waals surface area contributed by atoms with Gasteiger partial charge in [-0.2, -0.15) is 9.61 Å². The number of hydrogen-bond acceptors (Lipinski definition) is 9. The van der Waals surface area contributed by atoms with Crippen molar-refractivity contribution in [3.8, 4) is 5.82 Å². The van der Waals surface area contributed by atoms with E-state index in [1.54, 1.807) is 4.52 Å². The number of amides is 3. The van der Waals surface area contributed by atoms with Gasteiger partial charge in [-0.05, 0) is 67.8 Å². The molecule has 13 heteroatoms. The van der Waals surface area contributed by atoms with Crippen molar-refractivity contribution in [3.63, 3.8) is 0 Å². The van der Waals surface area contributed by atoms with E-state index in [9.17, 15) is 14.4 Å². The Morgan fingerprint density at radius 3 is 2.44 bits per heavy atom. The highest BCUT2D eigenvalue weighted by Gasteiger charge is 2.32. The number of nitrogens with zero attached hydrogens (tertiary/aromatic N) is 8. The molecular weight excluding hydrogens is 542 g/mol. The van der Waals surface area contributed by atoms with Gasteiger partial charge in [0.2, 0.25) is 11.8 Å². The Kier molecular flexibility index (Phi) is 7.30. The van der Waals surface area contributed by atoms with Gasteiger partial charge in [0.25, 0.3) is 5.24 Å². The van der Waals surface area contributed by atoms with Gasteiger partial charge >= 0.3 is 0 Å². The van der Waals surface area contributed by atoms with Gasteiger partial charge in [0.05, 0.1) is 5.69 Å². The summed E-state index contributed by atoms with van der Waals surface area (Å²) < 4.78 is 3.52. The topological polar surface area (TPSA) is 131 Å². The lowest BCUT2D eigenvalue weighted by Crippen LogP contribution is -2.48. The average Bonchev–Trinajstić information content (AvgIpc) is 3.61. The van der Waals surface area contributed by atoms with Crippen molar-refractivity contribution in [1.29, 1.82) is 0 Å². The van der Waals surface area contributed by atoms with E-state index in [0.29, 0.717) is 43.2 Å². The SMILES string of the molecule is Cc1nn(-c2ccc3nnc(C)n3n2)c(C)c1CCC(=O)N1CCN(Cc2ccc(C3SC(=O)NC3=O)cc2)CC1. The monoisotopic (exact) mass is 573 g/mol. The molecule has 0 bridgehead atoms. The van der Waals surface area contributed by atoms with E-state index in [4.69, 9.17) is 5.10 Å². The first-order valence-electron chi connectivity index (χ1n) is 13.6. The molecule has 2 aliphatic heterocycles. The number of aromatic nitrogens is 6. The second-order valence-electron chi connectivity index (χ2n) is 10.4. The molecule has 41 heavy (non-hydrogen) atoms. The van der Waals surface area contributed by atoms with Crippen molar-refractivity contribution < 1.29 is 14.4 Å². The highest BCUT2D eigenvalue weighted by molar-refractivity contribution is 8.15. The number of imide groups is 1. The van der Waals surface area contributed by atoms with Gasteiger partial charge in [0.1, 0.15) is 5.25 Å². The van der Waals surface area contributed by atoms with Gasteiger partial charge in [-0.1, -0.05) is 24.3 Å². The predicted molar refractivity (Wildman–Crippen MR) is 153 cm³/mol. The van der Waals surface area contributed by atoms with E-state index in [2.05, 4.69) is 25.5 Å². The van der Waals surface area contributed by atoms with Crippen molar-refractivity contribution >= 4 is 34.5 Å². The zero-order valence-electron chi connectivity index (χ0n) is 23.2. The van der Waals surface area contributed by atoms with Crippen LogP contribution in [0.4, 0.5) is 4.79 Å². The fraction of sp³-hybridized carbons (Fsp3) is 0.393. The van der Waals surface area contributed by atoms with Crippen LogP contribution in [0.3, 0.4) is 0 Å². The zero-order valence-corrected chi connectivity index (χ0v) is 24.0. The van der Waals surface area contributed by atoms with Gasteiger partial charge in [-0.25, -0.2) is 4.68 Å². The van der Waals surface area contributed by atoms with Crippen LogP contribution < -0.4 is 5.32 Å². The van der Waals surface area contributed by atoms with E-state index in [1.807, 2.05) is 66.8 Å². The number of aryl methyl sites for hydroxylation is 2. The standard InChI is InChI=1S/C28H31N9O3S/c1-17-22(18(2)36(32-17)24-10-9-23-31-30-19(3)37(23)33-24)8-11-25(38)35-14-12-34(13-15-35)16-20-4-6-21(7-5-20)26-27(39)29-28(40)41-26/h4-7,9-10,26H,8,11-16H2,1-3H3,(H,29,39,40). The third-order valence-electron chi connectivity index (χ3n) is 7.75. The number of carbonyl (C=O) groups excluding carboxylic acids is 3. The lowest BCUT2D eigenvalue weighted by atomic mass is 10.1. The average molecular weight is 574 g/mol. The van der Waals surface area contributed by atoms with Gasteiger partial charge in [0, 0.05) is 44.8 Å². The Bertz CT molecular complexity index is 1640. The molecule has 1 aromatic carbocycles. The predicted octanol–water partition coefficient (Wildman–Crippen LogP) is 2.54. The number of carbonyl (C=O) groups is 3. The molecule has 3 amide bonds. The van der Waals surface area contributed by atoms with Crippen molar-refractivity contribution in [2.45, 2.75) is 45.4 Å². The van der Waals surface area contributed by atoms with E-state index in [-0.39, 0.29) is 17.1 Å². The minimum atomic E-state index is -0.474. The fourth-order valence-electron chi connectivity index (χ4n) is 5.44. The Morgan fingerprint density at radius 1 is 0.976 bits per heavy atom. The highest BCUT2D eigenvalue weighted by atomic mass is 32.2. The molecule has 0 spiro atoms. The minimum absolute atomic E-state index is 0.155. The number of benzene rings is 1. The number of hydrogen-bond donors (Lipinski definition) is 1. The summed E-state index contributed by atoms with van der Waals surface area (Å²) in [5, 5.41) is 19.1. The summed E-state index contributed by atoms with van der Waals surface area (Å²) in [6.07, 6.45) is 1.06. The molecule has 6 rings (SSSR count). The van der Waals surface area contributed by atoms with Crippen LogP contribution in [0, 0.1) is 20.8 Å². The number of rotatable bonds is 7. The molecule has 2 aliphatic rings. The summed E-state index contributed by atoms with van der Waals surface area (Å²) in [5.74, 6) is 1.29. The number of nitrogens with one attached hydrogen (secondary N) is 1. The van der Waals surface area contributed by atoms with Crippen molar-refractivity contribution in [3.05, 3.63) is 70.3 Å². The molecule has 2 saturated heterocycles. The Balaban J connectivity index is 1.01. The normalized spacial score (nSPS) is 17.9. The minimum Gasteiger partial charge on any atom is -0.340 e. The third-order valence-corrected chi connectivity index (χ3v) is 8.79. The van der Waals surface area contributed by atoms with Crippen LogP contribution in [-0.2, 0) is 22.6 Å². The molecule has 1 unspecified atom stereocenters. The molecule has 0 aliphatic carbocycles. The van der Waals surface area contributed by atoms with Gasteiger partial charge in [-0.3, -0.25) is 24.6 Å². The van der Waals surface area contributed by atoms with Gasteiger partial charge < -0.3 is 4.90 Å². The molecule has 0 radical (unpaired) electrons. The Morgan fingerprint density at radius 2 is 1.73 bits per heavy atom. The summed E-state index contributed by atoms with van der Waals surface area (Å²) in [7, 11) is 0. The summed E-state index contributed by atoms with van der Waals surface area (Å²) in [5.41, 5.74) is 5.59. The van der Waals surface area contributed by atoms with Crippen LogP contribution in [0.5, 0.6) is 0 Å². The van der Waals surface area contributed by atoms with Crippen LogP contribution in [0.25, 0.3) is 11.5 Å². The number of piperazine rings is 1. The Labute approximate surface area is 241 Å². The van der Waals surface area contributed by atoms with Crippen LogP contribution in [0.1, 0.15) is 45.6 Å². The second kappa shape index (κ2) is 11.1. The molecule has 2 fully saturated rings. The molecule has 1 N–H and O–H groups in total. The molecule has 212 valence electrons. The van der Waals surface area contributed by atoms with Crippen LogP contribution >= 0.6 is 11.8 Å². The first-order chi connectivity index (χ1) is 19.8. The highest BCUT2D eigenvalue weighted by Crippen LogP contribution is 2.34. The fourth-order valence-corrected chi connectivity index (χ4v) is 6.27. The van der Waals surface area contributed by atoms with E-state index < -0.39 is 5.25 Å². The first-order valence-corrected chi connectivity index (χ1v) is 14.5. The molecule has 0 saturated carbocycles. The molecule has 1 atom stereocenters. The lowest BCUT2D eigenvalue weighted by Gasteiger charge is -2.35. The largest absolute Gasteiger partial charge is 0.340 e. The molecule has 5 heterocycles. The summed E-state index contributed by atoms with van der Waals surface area (Å²) >= 11 is 1.02. The number of fused-ring (bicyclic) bond motifs is 1. The van der Waals surface area contributed by atoms with Crippen LogP contribution in [0.2, 0.25) is 0 Å². The molecular formula is C28H31N9O3S. The third kappa shape index (κ3) is 5.46. The summed E-state index contributed by atoms with van der Waals surface area (Å²) in [6, 6.07) is 11.6. The van der Waals surface area contributed by atoms with Gasteiger partial charge in [0.15, 0.2) is 17.3 Å². The van der Waals surface area contributed by atoms with E-state index in [0.717, 1.165) is 59.5 Å². The lowest BCUT2D eigenvalue weighted by molar-refractivity contribution is -0.133. The van der Waals surface area contributed by atoms with Crippen molar-refractivity contribution in [2.75, 3.05) is 26.2 Å². The summed E-state index contributed by atoms with van der Waals surface area (Å²) in [4.78, 5) is 40.8. The number of thioether (sulfide) groups is 1. The van der Waals surface area contributed by atoms with Crippen LogP contribution in [-0.4, -0.2) is 82.6 Å². The quantitative estimate of drug-likeness (QED) is 0.354. The smallest absolute Gasteiger partial charge is 0.286 e. The second-order valence-corrected chi connectivity index (χ2v) is 11.5. The maximum Gasteiger partial charge on any atom is 0.286 e. The molecule has 4 aromatic rings. The van der Waals surface area contributed by atoms with Crippen molar-refractivity contribution in [2.24, 2.45) is 0 Å². The van der Waals surface area contributed by atoms with Crippen LogP contribution in [0.15, 0.2) is 36.4 Å². The molecule has 3 aromatic heterocycles. The van der Waals surface area contributed by atoms with E-state index >= 15 is 0 Å². The molecule has 12 nitrogen and oxygen atoms in total. The van der Waals surface area contributed by atoms with E-state index in [1.165, 1.54) is 0 Å². The zero-order chi connectivity index (χ0) is 28.7. The maximum absolute atomic E-state index is 13.1. The van der Waals surface area contributed by atoms with Gasteiger partial charge in [-0.15, -0.1) is 15.3 Å². The maximum atomic E-state index is 13.1. The Hall–Kier alpha value is -4.10.